The van der Waals surface area contributed by atoms with Crippen molar-refractivity contribution in [2.24, 2.45) is 17.3 Å². The Bertz CT molecular complexity index is 330. The topological polar surface area (TPSA) is 46.5 Å². The molecule has 16 heavy (non-hydrogen) atoms. The molecule has 0 aromatic heterocycles. The Morgan fingerprint density at radius 2 is 2.00 bits per heavy atom. The van der Waals surface area contributed by atoms with Crippen LogP contribution in [0.2, 0.25) is 0 Å². The maximum atomic E-state index is 11.9. The van der Waals surface area contributed by atoms with Crippen LogP contribution >= 0.6 is 0 Å². The third kappa shape index (κ3) is 2.38. The van der Waals surface area contributed by atoms with Crippen molar-refractivity contribution in [1.29, 1.82) is 0 Å². The molecule has 1 aliphatic rings. The average molecular weight is 224 g/mol. The van der Waals surface area contributed by atoms with Gasteiger partial charge in [-0.05, 0) is 26.2 Å². The van der Waals surface area contributed by atoms with Gasteiger partial charge in [0.1, 0.15) is 11.7 Å². The number of carbonyl (C=O) groups is 1. The van der Waals surface area contributed by atoms with E-state index in [9.17, 15) is 9.90 Å². The minimum atomic E-state index is -0.868. The second-order valence-electron chi connectivity index (χ2n) is 5.97. The van der Waals surface area contributed by atoms with Crippen LogP contribution in [0.5, 0.6) is 0 Å². The summed E-state index contributed by atoms with van der Waals surface area (Å²) < 4.78 is 5.30. The monoisotopic (exact) mass is 224 g/mol. The fraction of sp³-hybridized carbons (Fsp3) is 0.769. The van der Waals surface area contributed by atoms with Crippen LogP contribution in [0, 0.1) is 29.6 Å². The summed E-state index contributed by atoms with van der Waals surface area (Å²) >= 11 is 0. The molecule has 90 valence electrons. The molecule has 0 aliphatic heterocycles. The molecule has 0 saturated heterocycles. The molecule has 1 fully saturated rings. The van der Waals surface area contributed by atoms with E-state index < -0.39 is 11.7 Å². The Kier molecular flexibility index (Phi) is 3.08. The smallest absolute Gasteiger partial charge is 0.310 e. The van der Waals surface area contributed by atoms with Crippen molar-refractivity contribution in [2.75, 3.05) is 0 Å². The molecule has 0 aromatic rings. The van der Waals surface area contributed by atoms with Crippen LogP contribution in [-0.2, 0) is 9.53 Å². The first-order valence-corrected chi connectivity index (χ1v) is 5.48. The first-order chi connectivity index (χ1) is 7.11. The summed E-state index contributed by atoms with van der Waals surface area (Å²) in [6.45, 7) is 9.33. The van der Waals surface area contributed by atoms with Crippen LogP contribution in [0.25, 0.3) is 0 Å². The lowest BCUT2D eigenvalue weighted by Crippen LogP contribution is -2.26. The summed E-state index contributed by atoms with van der Waals surface area (Å²) in [7, 11) is 0. The minimum absolute atomic E-state index is 0.188. The molecule has 0 unspecified atom stereocenters. The van der Waals surface area contributed by atoms with Gasteiger partial charge < -0.3 is 9.84 Å². The average Bonchev–Trinajstić information content (AvgIpc) is 2.64. The highest BCUT2D eigenvalue weighted by Gasteiger charge is 2.65. The summed E-state index contributed by atoms with van der Waals surface area (Å²) in [5.74, 6) is 1.53. The van der Waals surface area contributed by atoms with Gasteiger partial charge in [-0.3, -0.25) is 4.79 Å². The molecule has 3 atom stereocenters. The van der Waals surface area contributed by atoms with Crippen LogP contribution < -0.4 is 0 Å². The highest BCUT2D eigenvalue weighted by Crippen LogP contribution is 2.60. The molecule has 1 saturated carbocycles. The number of ether oxygens (including phenoxy) is 1. The summed E-state index contributed by atoms with van der Waals surface area (Å²) in [5, 5.41) is 9.61. The van der Waals surface area contributed by atoms with Crippen molar-refractivity contribution in [3.05, 3.63) is 0 Å². The quantitative estimate of drug-likeness (QED) is 0.572. The van der Waals surface area contributed by atoms with Gasteiger partial charge in [0.25, 0.3) is 0 Å². The standard InChI is InChI=1S/C13H20O3/c1-7-8(14)9-10(13(9,5)6)11(15)16-12(2,3)4/h1,8-10,14H,2-6H3/t8-,9-,10-/m0/s1. The molecule has 1 aliphatic carbocycles. The third-order valence-corrected chi connectivity index (χ3v) is 3.08. The molecule has 0 radical (unpaired) electrons. The van der Waals surface area contributed by atoms with E-state index in [1.165, 1.54) is 0 Å². The zero-order valence-corrected chi connectivity index (χ0v) is 10.6. The van der Waals surface area contributed by atoms with Gasteiger partial charge in [-0.15, -0.1) is 6.42 Å². The lowest BCUT2D eigenvalue weighted by Gasteiger charge is -2.20. The van der Waals surface area contributed by atoms with E-state index >= 15 is 0 Å². The number of aliphatic hydroxyl groups is 1. The number of aliphatic hydroxyl groups excluding tert-OH is 1. The predicted molar refractivity (Wildman–Crippen MR) is 61.4 cm³/mol. The molecule has 1 N–H and O–H groups in total. The zero-order valence-electron chi connectivity index (χ0n) is 10.6. The van der Waals surface area contributed by atoms with Gasteiger partial charge in [-0.25, -0.2) is 0 Å². The first-order valence-electron chi connectivity index (χ1n) is 5.48. The van der Waals surface area contributed by atoms with E-state index in [0.29, 0.717) is 0 Å². The van der Waals surface area contributed by atoms with Gasteiger partial charge in [0.2, 0.25) is 0 Å². The molecular formula is C13H20O3. The molecule has 0 amide bonds. The zero-order chi connectivity index (χ0) is 12.7. The van der Waals surface area contributed by atoms with Crippen LogP contribution in [0.1, 0.15) is 34.6 Å². The highest BCUT2D eigenvalue weighted by atomic mass is 16.6. The number of hydrogen-bond donors (Lipinski definition) is 1. The maximum absolute atomic E-state index is 11.9. The first kappa shape index (κ1) is 13.1. The number of hydrogen-bond acceptors (Lipinski definition) is 3. The summed E-state index contributed by atoms with van der Waals surface area (Å²) in [6.07, 6.45) is 4.30. The molecule has 0 aromatic carbocycles. The normalized spacial score (nSPS) is 29.1. The second-order valence-corrected chi connectivity index (χ2v) is 5.97. The van der Waals surface area contributed by atoms with Gasteiger partial charge >= 0.3 is 5.97 Å². The summed E-state index contributed by atoms with van der Waals surface area (Å²) in [4.78, 5) is 11.9. The number of esters is 1. The van der Waals surface area contributed by atoms with Crippen LogP contribution in [0.15, 0.2) is 0 Å². The van der Waals surface area contributed by atoms with E-state index in [4.69, 9.17) is 11.2 Å². The summed E-state index contributed by atoms with van der Waals surface area (Å²) in [5.41, 5.74) is -0.768. The van der Waals surface area contributed by atoms with E-state index in [1.54, 1.807) is 0 Å². The van der Waals surface area contributed by atoms with E-state index in [-0.39, 0.29) is 23.2 Å². The lowest BCUT2D eigenvalue weighted by molar-refractivity contribution is -0.157. The van der Waals surface area contributed by atoms with Crippen molar-refractivity contribution in [2.45, 2.75) is 46.3 Å². The maximum Gasteiger partial charge on any atom is 0.310 e. The van der Waals surface area contributed by atoms with E-state index in [1.807, 2.05) is 34.6 Å². The predicted octanol–water partition coefficient (Wildman–Crippen LogP) is 1.59. The van der Waals surface area contributed by atoms with Gasteiger partial charge in [0, 0.05) is 5.92 Å². The van der Waals surface area contributed by atoms with Gasteiger partial charge in [-0.2, -0.15) is 0 Å². The SMILES string of the molecule is C#C[C@H](O)[C@H]1[C@@H](C(=O)OC(C)(C)C)C1(C)C. The fourth-order valence-electron chi connectivity index (χ4n) is 2.19. The van der Waals surface area contributed by atoms with Gasteiger partial charge in [0.15, 0.2) is 0 Å². The van der Waals surface area contributed by atoms with Crippen LogP contribution in [0.4, 0.5) is 0 Å². The van der Waals surface area contributed by atoms with E-state index in [2.05, 4.69) is 5.92 Å². The third-order valence-electron chi connectivity index (χ3n) is 3.08. The molecule has 0 bridgehead atoms. The fourth-order valence-corrected chi connectivity index (χ4v) is 2.19. The van der Waals surface area contributed by atoms with E-state index in [0.717, 1.165) is 0 Å². The van der Waals surface area contributed by atoms with Crippen molar-refractivity contribution < 1.29 is 14.6 Å². The van der Waals surface area contributed by atoms with Crippen molar-refractivity contribution in [3.8, 4) is 12.3 Å². The largest absolute Gasteiger partial charge is 0.460 e. The molecule has 3 heteroatoms. The number of rotatable bonds is 2. The lowest BCUT2D eigenvalue weighted by atomic mass is 10.1. The Morgan fingerprint density at radius 1 is 1.50 bits per heavy atom. The summed E-state index contributed by atoms with van der Waals surface area (Å²) in [6, 6.07) is 0. The number of carbonyl (C=O) groups excluding carboxylic acids is 1. The Labute approximate surface area is 97.2 Å². The molecule has 1 rings (SSSR count). The Hall–Kier alpha value is -1.01. The van der Waals surface area contributed by atoms with Gasteiger partial charge in [0.05, 0.1) is 5.92 Å². The molecular weight excluding hydrogens is 204 g/mol. The second kappa shape index (κ2) is 3.78. The van der Waals surface area contributed by atoms with Crippen molar-refractivity contribution >= 4 is 5.97 Å². The van der Waals surface area contributed by atoms with Crippen LogP contribution in [-0.4, -0.2) is 22.8 Å². The molecule has 0 spiro atoms. The Balaban J connectivity index is 2.71. The molecule has 3 nitrogen and oxygen atoms in total. The molecule has 0 heterocycles. The Morgan fingerprint density at radius 3 is 2.38 bits per heavy atom. The van der Waals surface area contributed by atoms with Crippen molar-refractivity contribution in [1.82, 2.24) is 0 Å². The van der Waals surface area contributed by atoms with Crippen LogP contribution in [0.3, 0.4) is 0 Å². The minimum Gasteiger partial charge on any atom is -0.460 e. The van der Waals surface area contributed by atoms with Crippen molar-refractivity contribution in [3.63, 3.8) is 0 Å². The highest BCUT2D eigenvalue weighted by molar-refractivity contribution is 5.78. The number of terminal acetylenes is 1. The van der Waals surface area contributed by atoms with Gasteiger partial charge in [-0.1, -0.05) is 19.8 Å².